The molecule has 2 rings (SSSR count). The molecule has 0 amide bonds. The number of anilines is 1. The van der Waals surface area contributed by atoms with E-state index in [4.69, 9.17) is 17.3 Å². The Morgan fingerprint density at radius 1 is 1.23 bits per heavy atom. The van der Waals surface area contributed by atoms with E-state index in [0.717, 1.165) is 16.1 Å². The van der Waals surface area contributed by atoms with Crippen LogP contribution in [0.25, 0.3) is 11.1 Å². The number of aromatic nitrogens is 1. The Balaban J connectivity index is 2.53. The number of rotatable bonds is 1. The van der Waals surface area contributed by atoms with Crippen molar-refractivity contribution in [1.82, 2.24) is 4.98 Å². The van der Waals surface area contributed by atoms with Gasteiger partial charge in [0, 0.05) is 16.8 Å². The van der Waals surface area contributed by atoms with Crippen molar-refractivity contribution in [3.8, 4) is 11.1 Å². The fourth-order valence-electron chi connectivity index (χ4n) is 1.29. The molecular weight excluding hydrogens is 184 g/mol. The summed E-state index contributed by atoms with van der Waals surface area (Å²) in [5.41, 5.74) is 7.75. The van der Waals surface area contributed by atoms with Gasteiger partial charge in [-0.05, 0) is 23.8 Å². The molecule has 0 aliphatic heterocycles. The Kier molecular flexibility index (Phi) is 1.99. The number of benzene rings is 1. The smallest absolute Gasteiger partial charge is 0.108 e. The quantitative estimate of drug-likeness (QED) is 0.717. The van der Waals surface area contributed by atoms with Crippen LogP contribution in [0, 0.1) is 0 Å². The molecule has 0 aliphatic carbocycles. The number of hydrogen-bond acceptors (Lipinski definition) is 1. The topological polar surface area (TPSA) is 41.8 Å². The van der Waals surface area contributed by atoms with Crippen LogP contribution in [-0.4, -0.2) is 4.98 Å². The van der Waals surface area contributed by atoms with Gasteiger partial charge in [-0.3, -0.25) is 0 Å². The van der Waals surface area contributed by atoms with Crippen molar-refractivity contribution in [2.24, 2.45) is 0 Å². The zero-order valence-electron chi connectivity index (χ0n) is 6.92. The molecule has 0 aliphatic rings. The number of aromatic amines is 1. The van der Waals surface area contributed by atoms with Gasteiger partial charge < -0.3 is 10.7 Å². The van der Waals surface area contributed by atoms with Gasteiger partial charge in [0.25, 0.3) is 0 Å². The lowest BCUT2D eigenvalue weighted by atomic mass is 10.1. The van der Waals surface area contributed by atoms with Crippen molar-refractivity contribution in [2.75, 3.05) is 5.73 Å². The van der Waals surface area contributed by atoms with E-state index < -0.39 is 0 Å². The highest BCUT2D eigenvalue weighted by molar-refractivity contribution is 6.30. The third kappa shape index (κ3) is 1.53. The van der Waals surface area contributed by atoms with E-state index in [1.165, 1.54) is 0 Å². The first-order chi connectivity index (χ1) is 6.27. The van der Waals surface area contributed by atoms with Crippen LogP contribution < -0.4 is 5.73 Å². The monoisotopic (exact) mass is 192 g/mol. The molecular formula is C10H9ClN2. The zero-order valence-corrected chi connectivity index (χ0v) is 7.68. The molecule has 1 aromatic heterocycles. The Hall–Kier alpha value is -1.41. The molecule has 0 unspecified atom stereocenters. The largest absolute Gasteiger partial charge is 0.385 e. The Bertz CT molecular complexity index is 420. The minimum Gasteiger partial charge on any atom is -0.385 e. The van der Waals surface area contributed by atoms with E-state index in [9.17, 15) is 0 Å². The normalized spacial score (nSPS) is 10.2. The SMILES string of the molecule is Nc1[nH]ccc1-c1cccc(Cl)c1. The second-order valence-electron chi connectivity index (χ2n) is 2.82. The summed E-state index contributed by atoms with van der Waals surface area (Å²) in [7, 11) is 0. The molecule has 0 saturated heterocycles. The van der Waals surface area contributed by atoms with Crippen molar-refractivity contribution < 1.29 is 0 Å². The van der Waals surface area contributed by atoms with Gasteiger partial charge in [-0.1, -0.05) is 23.7 Å². The molecule has 0 bridgehead atoms. The number of nitrogen functional groups attached to an aromatic ring is 1. The molecule has 0 spiro atoms. The van der Waals surface area contributed by atoms with E-state index in [0.29, 0.717) is 5.82 Å². The maximum atomic E-state index is 5.86. The summed E-state index contributed by atoms with van der Waals surface area (Å²) in [6.45, 7) is 0. The molecule has 2 aromatic rings. The second kappa shape index (κ2) is 3.15. The van der Waals surface area contributed by atoms with Crippen molar-refractivity contribution in [3.63, 3.8) is 0 Å². The van der Waals surface area contributed by atoms with E-state index >= 15 is 0 Å². The average Bonchev–Trinajstić information content (AvgIpc) is 2.51. The lowest BCUT2D eigenvalue weighted by Crippen LogP contribution is -1.86. The molecule has 0 fully saturated rings. The van der Waals surface area contributed by atoms with Gasteiger partial charge in [0.2, 0.25) is 0 Å². The predicted molar refractivity (Wildman–Crippen MR) is 55.7 cm³/mol. The molecule has 0 atom stereocenters. The number of halogens is 1. The summed E-state index contributed by atoms with van der Waals surface area (Å²) < 4.78 is 0. The summed E-state index contributed by atoms with van der Waals surface area (Å²) >= 11 is 5.86. The molecule has 3 heteroatoms. The third-order valence-corrected chi connectivity index (χ3v) is 2.15. The van der Waals surface area contributed by atoms with E-state index in [-0.39, 0.29) is 0 Å². The number of hydrogen-bond donors (Lipinski definition) is 2. The summed E-state index contributed by atoms with van der Waals surface area (Å²) in [6.07, 6.45) is 1.81. The van der Waals surface area contributed by atoms with Crippen LogP contribution in [-0.2, 0) is 0 Å². The average molecular weight is 193 g/mol. The highest BCUT2D eigenvalue weighted by atomic mass is 35.5. The standard InChI is InChI=1S/C10H9ClN2/c11-8-3-1-2-7(6-8)9-4-5-13-10(9)12/h1-6,13H,12H2. The van der Waals surface area contributed by atoms with Crippen molar-refractivity contribution >= 4 is 17.4 Å². The number of H-pyrrole nitrogens is 1. The lowest BCUT2D eigenvalue weighted by molar-refractivity contribution is 1.42. The fourth-order valence-corrected chi connectivity index (χ4v) is 1.48. The van der Waals surface area contributed by atoms with E-state index in [1.54, 1.807) is 0 Å². The molecule has 2 nitrogen and oxygen atoms in total. The summed E-state index contributed by atoms with van der Waals surface area (Å²) in [5, 5.41) is 0.720. The molecule has 3 N–H and O–H groups in total. The van der Waals surface area contributed by atoms with Gasteiger partial charge in [-0.25, -0.2) is 0 Å². The van der Waals surface area contributed by atoms with Gasteiger partial charge in [-0.2, -0.15) is 0 Å². The van der Waals surface area contributed by atoms with E-state index in [1.807, 2.05) is 36.5 Å². The lowest BCUT2D eigenvalue weighted by Gasteiger charge is -1.99. The van der Waals surface area contributed by atoms with Gasteiger partial charge in [-0.15, -0.1) is 0 Å². The van der Waals surface area contributed by atoms with Crippen LogP contribution in [0.3, 0.4) is 0 Å². The van der Waals surface area contributed by atoms with Crippen molar-refractivity contribution in [2.45, 2.75) is 0 Å². The van der Waals surface area contributed by atoms with Crippen LogP contribution in [0.1, 0.15) is 0 Å². The summed E-state index contributed by atoms with van der Waals surface area (Å²) in [6, 6.07) is 9.55. The summed E-state index contributed by atoms with van der Waals surface area (Å²) in [5.74, 6) is 0.669. The number of nitrogens with one attached hydrogen (secondary N) is 1. The molecule has 0 saturated carbocycles. The van der Waals surface area contributed by atoms with Crippen molar-refractivity contribution in [1.29, 1.82) is 0 Å². The van der Waals surface area contributed by atoms with E-state index in [2.05, 4.69) is 4.98 Å². The molecule has 0 radical (unpaired) electrons. The maximum Gasteiger partial charge on any atom is 0.108 e. The Morgan fingerprint density at radius 3 is 2.69 bits per heavy atom. The van der Waals surface area contributed by atoms with Gasteiger partial charge in [0.1, 0.15) is 5.82 Å². The zero-order chi connectivity index (χ0) is 9.26. The third-order valence-electron chi connectivity index (χ3n) is 1.91. The summed E-state index contributed by atoms with van der Waals surface area (Å²) in [4.78, 5) is 2.92. The predicted octanol–water partition coefficient (Wildman–Crippen LogP) is 2.92. The van der Waals surface area contributed by atoms with Crippen LogP contribution in [0.15, 0.2) is 36.5 Å². The molecule has 66 valence electrons. The minimum atomic E-state index is 0.669. The Labute approximate surface area is 81.3 Å². The van der Waals surface area contributed by atoms with Crippen LogP contribution in [0.5, 0.6) is 0 Å². The van der Waals surface area contributed by atoms with Crippen LogP contribution >= 0.6 is 11.6 Å². The maximum absolute atomic E-state index is 5.86. The highest BCUT2D eigenvalue weighted by Gasteiger charge is 2.02. The Morgan fingerprint density at radius 2 is 2.08 bits per heavy atom. The fraction of sp³-hybridized carbons (Fsp3) is 0. The van der Waals surface area contributed by atoms with Gasteiger partial charge in [0.15, 0.2) is 0 Å². The van der Waals surface area contributed by atoms with Gasteiger partial charge >= 0.3 is 0 Å². The van der Waals surface area contributed by atoms with Crippen LogP contribution in [0.4, 0.5) is 5.82 Å². The molecule has 1 heterocycles. The highest BCUT2D eigenvalue weighted by Crippen LogP contribution is 2.26. The van der Waals surface area contributed by atoms with Gasteiger partial charge in [0.05, 0.1) is 0 Å². The van der Waals surface area contributed by atoms with Crippen LogP contribution in [0.2, 0.25) is 5.02 Å². The molecule has 1 aromatic carbocycles. The first kappa shape index (κ1) is 8.20. The number of nitrogens with two attached hydrogens (primary N) is 1. The molecule has 13 heavy (non-hydrogen) atoms. The first-order valence-corrected chi connectivity index (χ1v) is 4.34. The second-order valence-corrected chi connectivity index (χ2v) is 3.25. The van der Waals surface area contributed by atoms with Crippen molar-refractivity contribution in [3.05, 3.63) is 41.6 Å². The first-order valence-electron chi connectivity index (χ1n) is 3.96. The minimum absolute atomic E-state index is 0.669.